The summed E-state index contributed by atoms with van der Waals surface area (Å²) in [6.07, 6.45) is 1.15. The van der Waals surface area contributed by atoms with Gasteiger partial charge in [-0.3, -0.25) is 19.1 Å². The Balaban J connectivity index is 1.43. The monoisotopic (exact) mass is 729 g/mol. The van der Waals surface area contributed by atoms with E-state index in [0.29, 0.717) is 17.6 Å². The van der Waals surface area contributed by atoms with E-state index in [4.69, 9.17) is 18.9 Å². The predicted molar refractivity (Wildman–Crippen MR) is 186 cm³/mol. The van der Waals surface area contributed by atoms with E-state index in [9.17, 15) is 27.6 Å². The van der Waals surface area contributed by atoms with Gasteiger partial charge < -0.3 is 34.5 Å². The van der Waals surface area contributed by atoms with Crippen LogP contribution in [-0.4, -0.2) is 104 Å². The number of methoxy groups -OCH3 is 2. The topological polar surface area (TPSA) is 192 Å². The normalized spacial score (nSPS) is 26.7. The summed E-state index contributed by atoms with van der Waals surface area (Å²) >= 11 is 0. The van der Waals surface area contributed by atoms with Crippen molar-refractivity contribution in [3.05, 3.63) is 43.1 Å². The minimum Gasteiger partial charge on any atom is -0.497 e. The molecule has 1 aromatic carbocycles. The maximum absolute atomic E-state index is 14.3. The highest BCUT2D eigenvalue weighted by atomic mass is 32.2. The number of hydrogen-bond acceptors (Lipinski definition) is 11. The van der Waals surface area contributed by atoms with Gasteiger partial charge >= 0.3 is 6.09 Å². The lowest BCUT2D eigenvalue weighted by Gasteiger charge is -2.32. The fourth-order valence-electron chi connectivity index (χ4n) is 6.36. The number of pyridine rings is 1. The molecule has 278 valence electrons. The first-order chi connectivity index (χ1) is 23.9. The maximum atomic E-state index is 14.3. The minimum absolute atomic E-state index is 0.0132. The molecule has 0 radical (unpaired) electrons. The van der Waals surface area contributed by atoms with E-state index in [1.54, 1.807) is 66.1 Å². The van der Waals surface area contributed by atoms with Crippen LogP contribution in [0, 0.1) is 11.8 Å². The number of alkyl carbamates (subject to hydrolysis) is 1. The highest BCUT2D eigenvalue weighted by molar-refractivity contribution is 7.91. The number of aromatic nitrogens is 1. The molecular weight excluding hydrogens is 682 g/mol. The van der Waals surface area contributed by atoms with Crippen molar-refractivity contribution in [3.8, 4) is 11.6 Å². The summed E-state index contributed by atoms with van der Waals surface area (Å²) < 4.78 is 50.4. The molecule has 4 amide bonds. The maximum Gasteiger partial charge on any atom is 0.408 e. The molecule has 0 spiro atoms. The summed E-state index contributed by atoms with van der Waals surface area (Å²) in [6.45, 7) is 12.1. The molecule has 1 aromatic heterocycles. The summed E-state index contributed by atoms with van der Waals surface area (Å²) in [5.74, 6) is -1.94. The predicted octanol–water partition coefficient (Wildman–Crippen LogP) is 2.44. The van der Waals surface area contributed by atoms with Gasteiger partial charge in [0, 0.05) is 31.0 Å². The van der Waals surface area contributed by atoms with Crippen LogP contribution < -0.4 is 24.8 Å². The van der Waals surface area contributed by atoms with Crippen molar-refractivity contribution in [2.75, 3.05) is 20.8 Å². The molecule has 51 heavy (non-hydrogen) atoms. The molecule has 15 nitrogen and oxygen atoms in total. The smallest absolute Gasteiger partial charge is 0.408 e. The number of benzene rings is 1. The molecule has 1 saturated heterocycles. The van der Waals surface area contributed by atoms with E-state index in [1.165, 1.54) is 18.1 Å². The Morgan fingerprint density at radius 3 is 2.43 bits per heavy atom. The fourth-order valence-corrected chi connectivity index (χ4v) is 8.13. The number of ether oxygens (including phenoxy) is 4. The van der Waals surface area contributed by atoms with Gasteiger partial charge in [-0.05, 0) is 76.1 Å². The average molecular weight is 730 g/mol. The first-order valence-electron chi connectivity index (χ1n) is 16.9. The Morgan fingerprint density at radius 2 is 1.84 bits per heavy atom. The third-order valence-corrected chi connectivity index (χ3v) is 11.5. The number of nitrogens with one attached hydrogen (secondary N) is 3. The number of fused-ring (bicyclic) bond motifs is 1. The van der Waals surface area contributed by atoms with Crippen molar-refractivity contribution in [1.29, 1.82) is 0 Å². The number of carbonyl (C=O) groups is 4. The summed E-state index contributed by atoms with van der Waals surface area (Å²) in [5, 5.41) is 6.13. The number of nitrogens with zero attached hydrogens (tertiary/aromatic N) is 2. The first-order valence-corrected chi connectivity index (χ1v) is 18.4. The molecule has 2 saturated carbocycles. The molecule has 5 rings (SSSR count). The Morgan fingerprint density at radius 1 is 1.14 bits per heavy atom. The van der Waals surface area contributed by atoms with E-state index >= 15 is 0 Å². The van der Waals surface area contributed by atoms with Crippen LogP contribution >= 0.6 is 0 Å². The molecule has 16 heteroatoms. The number of amides is 4. The molecule has 3 aliphatic rings. The zero-order valence-corrected chi connectivity index (χ0v) is 30.7. The van der Waals surface area contributed by atoms with Gasteiger partial charge in [0.15, 0.2) is 0 Å². The second-order valence-corrected chi connectivity index (χ2v) is 16.4. The molecule has 0 bridgehead atoms. The molecule has 3 fully saturated rings. The van der Waals surface area contributed by atoms with E-state index < -0.39 is 80.4 Å². The van der Waals surface area contributed by atoms with Crippen LogP contribution in [-0.2, 0) is 33.9 Å². The van der Waals surface area contributed by atoms with Crippen molar-refractivity contribution in [2.45, 2.75) is 94.6 Å². The SMILES string of the molecule is C=C[C@@H]1C[C@]1(NC(=O)[C@@H]1C[C@@H](Oc2nccc3cc(OC)ccc23)CN1C(=O)[C@@H](NC(=O)OC(C)(C)C)[C@H](C)OC)C(=O)NS(=O)(=O)C1C[C@@H]1C. The van der Waals surface area contributed by atoms with Crippen LogP contribution in [0.3, 0.4) is 0 Å². The molecule has 8 atom stereocenters. The van der Waals surface area contributed by atoms with Crippen LogP contribution in [0.2, 0.25) is 0 Å². The molecule has 2 heterocycles. The number of hydrogen-bond donors (Lipinski definition) is 3. The third kappa shape index (κ3) is 8.22. The average Bonchev–Trinajstić information content (AvgIpc) is 3.95. The second-order valence-electron chi connectivity index (χ2n) is 14.5. The lowest BCUT2D eigenvalue weighted by Crippen LogP contribution is -2.60. The molecule has 1 aliphatic heterocycles. The van der Waals surface area contributed by atoms with Gasteiger partial charge in [0.2, 0.25) is 27.7 Å². The van der Waals surface area contributed by atoms with Gasteiger partial charge in [0.05, 0.1) is 25.0 Å². The number of likely N-dealkylation sites (tertiary alicyclic amines) is 1. The van der Waals surface area contributed by atoms with Crippen LogP contribution in [0.4, 0.5) is 4.79 Å². The lowest BCUT2D eigenvalue weighted by atomic mass is 10.1. The Hall–Kier alpha value is -4.44. The van der Waals surface area contributed by atoms with Crippen molar-refractivity contribution < 1.29 is 46.5 Å². The Labute approximate surface area is 297 Å². The van der Waals surface area contributed by atoms with Crippen molar-refractivity contribution in [1.82, 2.24) is 25.2 Å². The molecule has 2 aromatic rings. The molecule has 2 aliphatic carbocycles. The summed E-state index contributed by atoms with van der Waals surface area (Å²) in [6, 6.07) is 4.71. The van der Waals surface area contributed by atoms with E-state index in [2.05, 4.69) is 26.9 Å². The zero-order valence-electron chi connectivity index (χ0n) is 29.9. The van der Waals surface area contributed by atoms with Crippen LogP contribution in [0.1, 0.15) is 53.9 Å². The molecule has 3 N–H and O–H groups in total. The van der Waals surface area contributed by atoms with Gasteiger partial charge in [-0.2, -0.15) is 0 Å². The third-order valence-electron chi connectivity index (χ3n) is 9.56. The first kappa shape index (κ1) is 37.8. The van der Waals surface area contributed by atoms with Gasteiger partial charge in [0.25, 0.3) is 5.91 Å². The van der Waals surface area contributed by atoms with Crippen molar-refractivity contribution >= 4 is 44.6 Å². The zero-order chi connectivity index (χ0) is 37.5. The lowest BCUT2D eigenvalue weighted by molar-refractivity contribution is -0.143. The van der Waals surface area contributed by atoms with Crippen molar-refractivity contribution in [2.24, 2.45) is 11.8 Å². The van der Waals surface area contributed by atoms with Crippen LogP contribution in [0.25, 0.3) is 10.8 Å². The van der Waals surface area contributed by atoms with Crippen LogP contribution in [0.15, 0.2) is 43.1 Å². The van der Waals surface area contributed by atoms with Crippen LogP contribution in [0.5, 0.6) is 11.6 Å². The highest BCUT2D eigenvalue weighted by Gasteiger charge is 2.62. The summed E-state index contributed by atoms with van der Waals surface area (Å²) in [4.78, 5) is 60.5. The minimum atomic E-state index is -3.95. The number of rotatable bonds is 13. The standard InChI is InChI=1S/C35H47N5O10S/c1-9-22-17-35(22,32(43)39-51(45,46)27-14-19(27)2)38-29(41)26-16-24(49-30-25-11-10-23(48-8)15-21(25)12-13-36-30)18-40(26)31(42)28(20(3)47-7)37-33(44)50-34(4,5)6/h9-13,15,19-20,22,24,26-28H,1,14,16-18H2,2-8H3,(H,37,44)(H,38,41)(H,39,43)/t19-,20-,22+,24+,26-,27?,28-,35+/m0/s1. The summed E-state index contributed by atoms with van der Waals surface area (Å²) in [7, 11) is -1.02. The van der Waals surface area contributed by atoms with E-state index in [1.807, 2.05) is 6.07 Å². The summed E-state index contributed by atoms with van der Waals surface area (Å²) in [5.41, 5.74) is -2.44. The largest absolute Gasteiger partial charge is 0.497 e. The highest BCUT2D eigenvalue weighted by Crippen LogP contribution is 2.46. The second kappa shape index (κ2) is 14.3. The fraction of sp³-hybridized carbons (Fsp3) is 0.571. The van der Waals surface area contributed by atoms with Crippen molar-refractivity contribution in [3.63, 3.8) is 0 Å². The number of sulfonamides is 1. The van der Waals surface area contributed by atoms with E-state index in [-0.39, 0.29) is 31.2 Å². The Bertz CT molecular complexity index is 1810. The van der Waals surface area contributed by atoms with Gasteiger partial charge in [-0.1, -0.05) is 13.0 Å². The quantitative estimate of drug-likeness (QED) is 0.257. The van der Waals surface area contributed by atoms with Gasteiger partial charge in [-0.25, -0.2) is 18.2 Å². The Kier molecular flexibility index (Phi) is 10.6. The van der Waals surface area contributed by atoms with Gasteiger partial charge in [0.1, 0.15) is 35.1 Å². The number of carbonyl (C=O) groups excluding carboxylic acids is 4. The molecular formula is C35H47N5O10S. The van der Waals surface area contributed by atoms with Gasteiger partial charge in [-0.15, -0.1) is 6.58 Å². The molecule has 1 unspecified atom stereocenters. The van der Waals surface area contributed by atoms with E-state index in [0.717, 1.165) is 5.39 Å².